The van der Waals surface area contributed by atoms with Gasteiger partial charge in [0, 0.05) is 12.1 Å². The van der Waals surface area contributed by atoms with Crippen LogP contribution in [0.2, 0.25) is 0 Å². The summed E-state index contributed by atoms with van der Waals surface area (Å²) < 4.78 is 1.68. The number of benzene rings is 2. The van der Waals surface area contributed by atoms with Crippen LogP contribution in [0, 0.1) is 0 Å². The molecule has 0 fully saturated rings. The molecule has 0 spiro atoms. The van der Waals surface area contributed by atoms with Gasteiger partial charge in [0.25, 0.3) is 5.56 Å². The predicted molar refractivity (Wildman–Crippen MR) is 91.5 cm³/mol. The number of aromatic amines is 1. The van der Waals surface area contributed by atoms with Crippen LogP contribution in [-0.4, -0.2) is 25.0 Å². The molecule has 0 saturated carbocycles. The summed E-state index contributed by atoms with van der Waals surface area (Å²) in [5.74, 6) is 0.524. The van der Waals surface area contributed by atoms with Gasteiger partial charge >= 0.3 is 0 Å². The number of nitrogens with zero attached hydrogens (tertiary/aromatic N) is 4. The Kier molecular flexibility index (Phi) is 3.63. The van der Waals surface area contributed by atoms with Crippen LogP contribution in [0.3, 0.4) is 0 Å². The minimum absolute atomic E-state index is 0.266. The molecule has 2 aromatic carbocycles. The third-order valence-corrected chi connectivity index (χ3v) is 3.88. The van der Waals surface area contributed by atoms with Gasteiger partial charge in [-0.1, -0.05) is 65.9 Å². The molecule has 2 aromatic heterocycles. The van der Waals surface area contributed by atoms with Crippen molar-refractivity contribution >= 4 is 11.2 Å². The van der Waals surface area contributed by atoms with E-state index in [2.05, 4.69) is 32.4 Å². The van der Waals surface area contributed by atoms with Gasteiger partial charge in [-0.3, -0.25) is 4.79 Å². The van der Waals surface area contributed by atoms with Gasteiger partial charge in [-0.25, -0.2) is 9.67 Å². The lowest BCUT2D eigenvalue weighted by molar-refractivity contribution is 0.602. The SMILES string of the molecule is O=c1[nH]c(-c2ccccc2)nc2c1nnn2CCc1ccccc1. The first kappa shape index (κ1) is 14.3. The molecule has 0 unspecified atom stereocenters. The van der Waals surface area contributed by atoms with Crippen LogP contribution in [-0.2, 0) is 13.0 Å². The van der Waals surface area contributed by atoms with Crippen LogP contribution in [0.15, 0.2) is 65.5 Å². The number of fused-ring (bicyclic) bond motifs is 1. The number of nitrogens with one attached hydrogen (secondary N) is 1. The van der Waals surface area contributed by atoms with Crippen LogP contribution in [0.1, 0.15) is 5.56 Å². The van der Waals surface area contributed by atoms with E-state index in [0.717, 1.165) is 12.0 Å². The molecule has 4 aromatic rings. The highest BCUT2D eigenvalue weighted by molar-refractivity contribution is 5.71. The fourth-order valence-electron chi connectivity index (χ4n) is 2.63. The highest BCUT2D eigenvalue weighted by Gasteiger charge is 2.12. The Morgan fingerprint density at radius 2 is 1.67 bits per heavy atom. The summed E-state index contributed by atoms with van der Waals surface area (Å²) in [5.41, 5.74) is 2.56. The standard InChI is InChI=1S/C18H15N5O/c24-18-15-17(19-16(20-18)14-9-5-2-6-10-14)23(22-21-15)12-11-13-7-3-1-4-8-13/h1-10H,11-12H2,(H,19,20,24). The summed E-state index contributed by atoms with van der Waals surface area (Å²) in [5, 5.41) is 8.06. The normalized spacial score (nSPS) is 11.0. The number of H-pyrrole nitrogens is 1. The molecule has 0 saturated heterocycles. The molecule has 0 aliphatic carbocycles. The van der Waals surface area contributed by atoms with Crippen molar-refractivity contribution in [1.29, 1.82) is 0 Å². The Bertz CT molecular complexity index is 1020. The average Bonchev–Trinajstić information content (AvgIpc) is 3.05. The van der Waals surface area contributed by atoms with Crippen molar-refractivity contribution in [3.05, 3.63) is 76.6 Å². The summed E-state index contributed by atoms with van der Waals surface area (Å²) in [4.78, 5) is 19.6. The second-order valence-corrected chi connectivity index (χ2v) is 5.50. The van der Waals surface area contributed by atoms with Gasteiger partial charge in [0.2, 0.25) is 0 Å². The molecule has 0 aliphatic heterocycles. The number of rotatable bonds is 4. The molecule has 118 valence electrons. The molecule has 0 atom stereocenters. The Labute approximate surface area is 137 Å². The molecular weight excluding hydrogens is 302 g/mol. The van der Waals surface area contributed by atoms with E-state index in [1.807, 2.05) is 48.5 Å². The van der Waals surface area contributed by atoms with Gasteiger partial charge in [-0.15, -0.1) is 5.10 Å². The van der Waals surface area contributed by atoms with Crippen molar-refractivity contribution in [3.63, 3.8) is 0 Å². The highest BCUT2D eigenvalue weighted by atomic mass is 16.1. The topological polar surface area (TPSA) is 76.5 Å². The van der Waals surface area contributed by atoms with Crippen molar-refractivity contribution in [2.24, 2.45) is 0 Å². The maximum absolute atomic E-state index is 12.2. The molecular formula is C18H15N5O. The van der Waals surface area contributed by atoms with Gasteiger partial charge < -0.3 is 4.98 Å². The van der Waals surface area contributed by atoms with Crippen LogP contribution in [0.5, 0.6) is 0 Å². The van der Waals surface area contributed by atoms with Crippen LogP contribution >= 0.6 is 0 Å². The largest absolute Gasteiger partial charge is 0.304 e. The number of aryl methyl sites for hydroxylation is 2. The van der Waals surface area contributed by atoms with E-state index in [1.54, 1.807) is 4.68 Å². The fourth-order valence-corrected chi connectivity index (χ4v) is 2.63. The van der Waals surface area contributed by atoms with Crippen LogP contribution in [0.4, 0.5) is 0 Å². The third kappa shape index (κ3) is 2.69. The monoisotopic (exact) mass is 317 g/mol. The number of hydrogen-bond acceptors (Lipinski definition) is 4. The summed E-state index contributed by atoms with van der Waals surface area (Å²) in [7, 11) is 0. The Hall–Kier alpha value is -3.28. The van der Waals surface area contributed by atoms with E-state index in [1.165, 1.54) is 5.56 Å². The first-order chi connectivity index (χ1) is 11.8. The zero-order valence-electron chi connectivity index (χ0n) is 12.9. The zero-order chi connectivity index (χ0) is 16.4. The van der Waals surface area contributed by atoms with Crippen LogP contribution < -0.4 is 5.56 Å². The summed E-state index contributed by atoms with van der Waals surface area (Å²) in [6.45, 7) is 0.616. The molecule has 0 amide bonds. The van der Waals surface area contributed by atoms with Crippen LogP contribution in [0.25, 0.3) is 22.6 Å². The molecule has 1 N–H and O–H groups in total. The fraction of sp³-hybridized carbons (Fsp3) is 0.111. The van der Waals surface area contributed by atoms with Gasteiger partial charge in [-0.2, -0.15) is 0 Å². The third-order valence-electron chi connectivity index (χ3n) is 3.88. The van der Waals surface area contributed by atoms with E-state index in [-0.39, 0.29) is 11.1 Å². The second-order valence-electron chi connectivity index (χ2n) is 5.50. The molecule has 0 aliphatic rings. The van der Waals surface area contributed by atoms with Gasteiger partial charge in [0.05, 0.1) is 0 Å². The van der Waals surface area contributed by atoms with E-state index in [0.29, 0.717) is 18.0 Å². The van der Waals surface area contributed by atoms with Crippen molar-refractivity contribution < 1.29 is 0 Å². The number of aromatic nitrogens is 5. The minimum atomic E-state index is -0.273. The average molecular weight is 317 g/mol. The summed E-state index contributed by atoms with van der Waals surface area (Å²) in [6, 6.07) is 19.7. The quantitative estimate of drug-likeness (QED) is 0.627. The first-order valence-corrected chi connectivity index (χ1v) is 7.74. The lowest BCUT2D eigenvalue weighted by atomic mass is 10.1. The van der Waals surface area contributed by atoms with E-state index < -0.39 is 0 Å². The lowest BCUT2D eigenvalue weighted by Crippen LogP contribution is -2.11. The Morgan fingerprint density at radius 3 is 2.42 bits per heavy atom. The zero-order valence-corrected chi connectivity index (χ0v) is 12.9. The molecule has 6 nitrogen and oxygen atoms in total. The maximum Gasteiger partial charge on any atom is 0.281 e. The van der Waals surface area contributed by atoms with E-state index in [4.69, 9.17) is 0 Å². The Morgan fingerprint density at radius 1 is 0.958 bits per heavy atom. The summed E-state index contributed by atoms with van der Waals surface area (Å²) in [6.07, 6.45) is 0.800. The molecule has 6 heteroatoms. The Balaban J connectivity index is 1.72. The molecule has 0 radical (unpaired) electrons. The molecule has 2 heterocycles. The molecule has 0 bridgehead atoms. The lowest BCUT2D eigenvalue weighted by Gasteiger charge is -2.04. The van der Waals surface area contributed by atoms with E-state index in [9.17, 15) is 4.79 Å². The van der Waals surface area contributed by atoms with Crippen molar-refractivity contribution in [2.75, 3.05) is 0 Å². The first-order valence-electron chi connectivity index (χ1n) is 7.74. The second kappa shape index (κ2) is 6.08. The predicted octanol–water partition coefficient (Wildman–Crippen LogP) is 2.42. The maximum atomic E-state index is 12.2. The minimum Gasteiger partial charge on any atom is -0.304 e. The van der Waals surface area contributed by atoms with Gasteiger partial charge in [-0.05, 0) is 12.0 Å². The van der Waals surface area contributed by atoms with Crippen molar-refractivity contribution in [2.45, 2.75) is 13.0 Å². The summed E-state index contributed by atoms with van der Waals surface area (Å²) >= 11 is 0. The van der Waals surface area contributed by atoms with Crippen molar-refractivity contribution in [3.8, 4) is 11.4 Å². The van der Waals surface area contributed by atoms with Gasteiger partial charge in [0.1, 0.15) is 5.82 Å². The molecule has 24 heavy (non-hydrogen) atoms. The van der Waals surface area contributed by atoms with Gasteiger partial charge in [0.15, 0.2) is 11.2 Å². The highest BCUT2D eigenvalue weighted by Crippen LogP contribution is 2.15. The smallest absolute Gasteiger partial charge is 0.281 e. The molecule has 4 rings (SSSR count). The number of hydrogen-bond donors (Lipinski definition) is 1. The van der Waals surface area contributed by atoms with Crippen molar-refractivity contribution in [1.82, 2.24) is 25.0 Å². The van der Waals surface area contributed by atoms with E-state index >= 15 is 0 Å².